The Bertz CT molecular complexity index is 6020. The molecule has 0 aromatic heterocycles. The van der Waals surface area contributed by atoms with Gasteiger partial charge in [0, 0.05) is 89.4 Å². The lowest BCUT2D eigenvalue weighted by molar-refractivity contribution is -0.271. The van der Waals surface area contributed by atoms with Crippen molar-refractivity contribution in [2.45, 2.75) is 183 Å². The van der Waals surface area contributed by atoms with Crippen LogP contribution in [0.15, 0.2) is 152 Å². The first-order valence-electron chi connectivity index (χ1n) is 49.1. The number of anilines is 2. The minimum Gasteiger partial charge on any atom is -0.493 e. The molecule has 0 aliphatic carbocycles. The van der Waals surface area contributed by atoms with Crippen molar-refractivity contribution in [3.8, 4) is 34.5 Å². The van der Waals surface area contributed by atoms with Crippen LogP contribution in [0.3, 0.4) is 0 Å². The minimum absolute atomic E-state index is 0.00142. The fourth-order valence-corrected chi connectivity index (χ4v) is 18.4. The first kappa shape index (κ1) is 112. The molecule has 7 heterocycles. The molecule has 7 aliphatic heterocycles. The van der Waals surface area contributed by atoms with Crippen LogP contribution in [0, 0.1) is 6.92 Å². The van der Waals surface area contributed by atoms with Crippen molar-refractivity contribution < 1.29 is 180 Å². The zero-order valence-corrected chi connectivity index (χ0v) is 83.0. The molecule has 7 aromatic rings. The van der Waals surface area contributed by atoms with E-state index >= 15 is 4.79 Å². The molecule has 0 saturated carbocycles. The van der Waals surface area contributed by atoms with Gasteiger partial charge in [-0.2, -0.15) is 0 Å². The molecule has 0 spiro atoms. The summed E-state index contributed by atoms with van der Waals surface area (Å²) in [5.74, 6) is -9.03. The Morgan fingerprint density at radius 1 is 0.480 bits per heavy atom. The Morgan fingerprint density at radius 3 is 1.73 bits per heavy atom. The summed E-state index contributed by atoms with van der Waals surface area (Å²) in [7, 11) is 2.79. The Balaban J connectivity index is 0.642. The summed E-state index contributed by atoms with van der Waals surface area (Å²) < 4.78 is 92.7. The van der Waals surface area contributed by atoms with Gasteiger partial charge in [0.25, 0.3) is 17.7 Å². The van der Waals surface area contributed by atoms with E-state index in [0.29, 0.717) is 40.8 Å². The lowest BCUT2D eigenvalue weighted by atomic mass is 9.86. The minimum atomic E-state index is -2.11. The van der Waals surface area contributed by atoms with Crippen LogP contribution in [-0.2, 0) is 122 Å². The number of benzene rings is 7. The molecule has 7 aromatic carbocycles. The summed E-state index contributed by atoms with van der Waals surface area (Å²) in [6.07, 6.45) is -19.2. The van der Waals surface area contributed by atoms with Crippen molar-refractivity contribution in [3.05, 3.63) is 224 Å². The maximum absolute atomic E-state index is 15.2. The summed E-state index contributed by atoms with van der Waals surface area (Å²) in [6.45, 7) is 8.30. The van der Waals surface area contributed by atoms with E-state index in [9.17, 15) is 93.9 Å². The number of para-hydroxylation sites is 1. The molecule has 806 valence electrons. The lowest BCUT2D eigenvalue weighted by Gasteiger charge is -2.38. The van der Waals surface area contributed by atoms with Gasteiger partial charge in [-0.25, -0.2) is 19.3 Å². The predicted molar refractivity (Wildman–Crippen MR) is 526 cm³/mol. The van der Waals surface area contributed by atoms with Gasteiger partial charge < -0.3 is 158 Å². The Hall–Kier alpha value is -13.6. The SMILES string of the molecule is C=C1C[C@H]2C(O)C(C(=O)OCc3ccc(O[C@@H]4O[C@H](C(=O)O)[C@@H](O)[C@H](O)[C@H]4O)c(C(=O)NCCNC(=O)CCOCCOCCC(=O)NCCC(=O)N4Cc5ccccc5CCc5ccccc54)c3)c3cc(OCc4cc(COc5cc6c(cc5OC)C(=O)N5CC(=C)C[C@H]5C(O)N6C(=O)OCc5ccc(O[C@@H]6OC[C@@H](O)[C@H](O)[C@H]6O)c(C(=O)CCCOC)c5)cc(OCCOCCOCCOCC(=O)O)c4)c(C)cc3C(=O)N2C1. The fraction of sp³-hybridized carbons (Fsp3) is 0.462. The van der Waals surface area contributed by atoms with E-state index < -0.39 is 165 Å². The van der Waals surface area contributed by atoms with E-state index in [1.54, 1.807) is 30.0 Å². The molecule has 44 heteroatoms. The van der Waals surface area contributed by atoms with Crippen LogP contribution in [0.2, 0.25) is 0 Å². The second-order valence-electron chi connectivity index (χ2n) is 36.8. The molecule has 150 heavy (non-hydrogen) atoms. The normalized spacial score (nSPS) is 21.7. The third-order valence-electron chi connectivity index (χ3n) is 26.2. The van der Waals surface area contributed by atoms with Crippen LogP contribution in [0.25, 0.3) is 0 Å². The van der Waals surface area contributed by atoms with E-state index in [1.807, 2.05) is 42.5 Å². The number of aliphatic carboxylic acids is 2. The Morgan fingerprint density at radius 2 is 1.06 bits per heavy atom. The quantitative estimate of drug-likeness (QED) is 0.0110. The van der Waals surface area contributed by atoms with E-state index in [-0.39, 0.29) is 248 Å². The number of carboxylic acid groups (broad SMARTS) is 2. The Kier molecular flexibility index (Phi) is 39.7. The largest absolute Gasteiger partial charge is 0.493 e. The molecule has 0 bridgehead atoms. The zero-order chi connectivity index (χ0) is 107. The number of aliphatic hydroxyl groups is 8. The number of rotatable bonds is 50. The van der Waals surface area contributed by atoms with E-state index in [1.165, 1.54) is 90.2 Å². The van der Waals surface area contributed by atoms with Crippen LogP contribution in [-0.4, -0.2) is 339 Å². The molecular weight excluding hydrogens is 1960 g/mol. The van der Waals surface area contributed by atoms with E-state index in [4.69, 9.17) is 80.9 Å². The number of amides is 7. The second-order valence-corrected chi connectivity index (χ2v) is 36.8. The second kappa shape index (κ2) is 53.2. The van der Waals surface area contributed by atoms with Crippen LogP contribution in [0.5, 0.6) is 34.5 Å². The number of methoxy groups -OCH3 is 2. The maximum Gasteiger partial charge on any atom is 0.416 e. The van der Waals surface area contributed by atoms with Crippen LogP contribution in [0.4, 0.5) is 16.2 Å². The number of ketones is 1. The van der Waals surface area contributed by atoms with E-state index in [0.717, 1.165) is 34.6 Å². The Labute approximate surface area is 862 Å². The number of hydrogen-bond donors (Lipinski definition) is 13. The maximum atomic E-state index is 15.2. The standard InChI is InChI=1S/C106H125N7O37/c1-59-39-77-91(121)90(103(133)145-53-63-17-21-82(149-105-96(126)93(123)94(124)97(150-105)102(131)132)74(46-63)98(127)109-27-26-108-87(117)24-30-138-32-31-137-29-23-86(116)107-25-22-88(118)110-52-68-13-7-6-11-66(68)18-19-67-12-8-9-14-75(67)110)70-47-83(61(3)41-71(70)99(128)111(77)50-59)143-55-64-42-65(44-69(43-64)142-38-37-140-34-33-139-35-36-141-58-89(119)120)56-144-85-49-76-72(48-84(85)136-5)100(129)112-51-60(2)40-78(112)101(130)113(76)106(134)147-54-62-16-20-81(73(45-62)79(114)15-10-28-135-4)148-104-95(125)92(122)80(115)57-146-104/h6-9,11-14,16-17,20-21,41-49,77-78,80,90-97,101,104-105,115,121-126,130H,1-2,10,15,18-19,22-40,50-58H2,3-5H3,(H,107,116)(H,108,117)(H,109,127)(H,119,120)(H,131,132)/t77-,78-,80+,90?,91?,92-,93-,94-,95+,96+,97-,101?,104-,105+/m0/s1. The van der Waals surface area contributed by atoms with Gasteiger partial charge in [0.2, 0.25) is 30.3 Å². The highest BCUT2D eigenvalue weighted by molar-refractivity contribution is 6.07. The zero-order valence-electron chi connectivity index (χ0n) is 83.0. The topological polar surface area (TPSA) is 587 Å². The lowest BCUT2D eigenvalue weighted by Crippen LogP contribution is -2.61. The van der Waals surface area contributed by atoms with Crippen LogP contribution in [0.1, 0.15) is 142 Å². The molecular formula is C106H125N7O37. The van der Waals surface area contributed by atoms with Crippen molar-refractivity contribution in [3.63, 3.8) is 0 Å². The monoisotopic (exact) mass is 2090 g/mol. The molecule has 7 aliphatic rings. The summed E-state index contributed by atoms with van der Waals surface area (Å²) in [5, 5.41) is 115. The van der Waals surface area contributed by atoms with Gasteiger partial charge in [0.1, 0.15) is 105 Å². The van der Waals surface area contributed by atoms with Crippen molar-refractivity contribution >= 4 is 76.6 Å². The highest BCUT2D eigenvalue weighted by atomic mass is 16.7. The molecule has 44 nitrogen and oxygen atoms in total. The summed E-state index contributed by atoms with van der Waals surface area (Å²) in [6, 6.07) is 32.5. The number of carbonyl (C=O) groups excluding carboxylic acids is 9. The first-order valence-corrected chi connectivity index (χ1v) is 49.1. The highest BCUT2D eigenvalue weighted by Crippen LogP contribution is 2.46. The first-order chi connectivity index (χ1) is 72.2. The van der Waals surface area contributed by atoms with Crippen molar-refractivity contribution in [2.24, 2.45) is 0 Å². The number of esters is 1. The van der Waals surface area contributed by atoms with Gasteiger partial charge >= 0.3 is 24.0 Å². The number of aliphatic hydroxyl groups excluding tert-OH is 8. The molecule has 14 atom stereocenters. The van der Waals surface area contributed by atoms with Gasteiger partial charge in [0.05, 0.1) is 120 Å². The van der Waals surface area contributed by atoms with Gasteiger partial charge in [0.15, 0.2) is 29.6 Å². The predicted octanol–water partition coefficient (Wildman–Crippen LogP) is 4.09. The molecule has 0 radical (unpaired) electrons. The molecule has 4 saturated heterocycles. The number of nitrogens with zero attached hydrogens (tertiary/aromatic N) is 4. The van der Waals surface area contributed by atoms with Gasteiger partial charge in [-0.05, 0) is 156 Å². The third kappa shape index (κ3) is 28.5. The smallest absolute Gasteiger partial charge is 0.416 e. The molecule has 7 amide bonds. The number of carboxylic acids is 2. The van der Waals surface area contributed by atoms with Crippen molar-refractivity contribution in [1.29, 1.82) is 0 Å². The summed E-state index contributed by atoms with van der Waals surface area (Å²) >= 11 is 0. The molecule has 3 unspecified atom stereocenters. The van der Waals surface area contributed by atoms with Gasteiger partial charge in [-0.15, -0.1) is 0 Å². The van der Waals surface area contributed by atoms with Crippen molar-refractivity contribution in [1.82, 2.24) is 25.8 Å². The number of nitrogens with one attached hydrogen (secondary N) is 3. The number of Topliss-reactive ketones (excluding diaryl/α,β-unsaturated/α-hetero) is 1. The fourth-order valence-electron chi connectivity index (χ4n) is 18.4. The number of fused-ring (bicyclic) bond motifs is 6. The van der Waals surface area contributed by atoms with Crippen LogP contribution >= 0.6 is 0 Å². The number of carbonyl (C=O) groups is 11. The number of hydrogen-bond acceptors (Lipinski definition) is 35. The summed E-state index contributed by atoms with van der Waals surface area (Å²) in [5.41, 5.74) is 6.32. The molecule has 14 rings (SSSR count). The van der Waals surface area contributed by atoms with Gasteiger partial charge in [-0.3, -0.25) is 38.4 Å². The third-order valence-corrected chi connectivity index (χ3v) is 26.2. The van der Waals surface area contributed by atoms with Crippen LogP contribution < -0.4 is 54.2 Å². The summed E-state index contributed by atoms with van der Waals surface area (Å²) in [4.78, 5) is 156. The average molecular weight is 2090 g/mol. The number of ether oxygens (including phenoxy) is 16. The van der Waals surface area contributed by atoms with E-state index in [2.05, 4.69) is 35.2 Å². The number of aryl methyl sites for hydroxylation is 3. The molecule has 13 N–H and O–H groups in total. The average Bonchev–Trinajstić information content (AvgIpc) is 1.60. The van der Waals surface area contributed by atoms with Crippen molar-refractivity contribution in [2.75, 3.05) is 143 Å². The molecule has 4 fully saturated rings. The van der Waals surface area contributed by atoms with Gasteiger partial charge in [-0.1, -0.05) is 78.9 Å². The highest BCUT2D eigenvalue weighted by Gasteiger charge is 2.52.